The highest BCUT2D eigenvalue weighted by Gasteiger charge is 2.30. The predicted molar refractivity (Wildman–Crippen MR) is 409 cm³/mol. The molecule has 3 N–H and O–H groups in total. The lowest BCUT2D eigenvalue weighted by Gasteiger charge is -2.21. The van der Waals surface area contributed by atoms with Gasteiger partial charge in [0, 0.05) is 25.7 Å². The third kappa shape index (κ3) is 73.0. The van der Waals surface area contributed by atoms with Crippen molar-refractivity contribution in [3.05, 3.63) is 0 Å². The van der Waals surface area contributed by atoms with E-state index in [-0.39, 0.29) is 25.7 Å². The molecule has 0 aromatic heterocycles. The van der Waals surface area contributed by atoms with E-state index in [1.54, 1.807) is 0 Å². The number of rotatable bonds is 78. The lowest BCUT2D eigenvalue weighted by atomic mass is 9.99. The molecular formula is C81H158O17P2. The predicted octanol–water partition coefficient (Wildman–Crippen LogP) is 24.0. The Morgan fingerprint density at radius 3 is 0.710 bits per heavy atom. The van der Waals surface area contributed by atoms with Gasteiger partial charge in [-0.1, -0.05) is 364 Å². The van der Waals surface area contributed by atoms with Crippen LogP contribution >= 0.6 is 15.6 Å². The monoisotopic (exact) mass is 1470 g/mol. The van der Waals surface area contributed by atoms with Crippen molar-refractivity contribution in [2.24, 2.45) is 23.7 Å². The summed E-state index contributed by atoms with van der Waals surface area (Å²) < 4.78 is 68.7. The Bertz CT molecular complexity index is 1960. The molecule has 100 heavy (non-hydrogen) atoms. The molecule has 17 nitrogen and oxygen atoms in total. The highest BCUT2D eigenvalue weighted by molar-refractivity contribution is 7.47. The quantitative estimate of drug-likeness (QED) is 0.0222. The van der Waals surface area contributed by atoms with Gasteiger partial charge in [0.05, 0.1) is 26.4 Å². The minimum atomic E-state index is -4.96. The Kier molecular flexibility index (Phi) is 68.7. The molecule has 0 bridgehead atoms. The number of carbonyl (C=O) groups excluding carboxylic acids is 4. The fourth-order valence-electron chi connectivity index (χ4n) is 12.4. The first-order valence-electron chi connectivity index (χ1n) is 41.7. The van der Waals surface area contributed by atoms with Crippen molar-refractivity contribution in [1.82, 2.24) is 0 Å². The molecule has 3 unspecified atom stereocenters. The van der Waals surface area contributed by atoms with Crippen LogP contribution in [0.4, 0.5) is 0 Å². The fraction of sp³-hybridized carbons (Fsp3) is 0.951. The fourth-order valence-corrected chi connectivity index (χ4v) is 14.0. The summed E-state index contributed by atoms with van der Waals surface area (Å²) in [7, 11) is -9.92. The van der Waals surface area contributed by atoms with Crippen molar-refractivity contribution in [2.75, 3.05) is 39.6 Å². The van der Waals surface area contributed by atoms with Gasteiger partial charge in [-0.3, -0.25) is 37.3 Å². The molecule has 0 fully saturated rings. The number of hydrogen-bond acceptors (Lipinski definition) is 15. The summed E-state index contributed by atoms with van der Waals surface area (Å²) in [6, 6.07) is 0. The molecule has 0 spiro atoms. The van der Waals surface area contributed by atoms with E-state index in [9.17, 15) is 43.2 Å². The lowest BCUT2D eigenvalue weighted by molar-refractivity contribution is -0.161. The minimum Gasteiger partial charge on any atom is -0.462 e. The van der Waals surface area contributed by atoms with Crippen LogP contribution in [-0.2, 0) is 65.4 Å². The molecule has 0 radical (unpaired) electrons. The molecule has 0 aliphatic carbocycles. The highest BCUT2D eigenvalue weighted by atomic mass is 31.2. The Hall–Kier alpha value is -1.94. The second-order valence-electron chi connectivity index (χ2n) is 30.8. The highest BCUT2D eigenvalue weighted by Crippen LogP contribution is 2.45. The number of hydrogen-bond donors (Lipinski definition) is 3. The summed E-state index contributed by atoms with van der Waals surface area (Å²) in [5.74, 6) is 0.981. The number of phosphoric ester groups is 2. The smallest absolute Gasteiger partial charge is 0.462 e. The van der Waals surface area contributed by atoms with Gasteiger partial charge in [-0.15, -0.1) is 0 Å². The van der Waals surface area contributed by atoms with Gasteiger partial charge in [0.2, 0.25) is 0 Å². The van der Waals surface area contributed by atoms with Gasteiger partial charge >= 0.3 is 39.5 Å². The molecule has 594 valence electrons. The molecule has 0 heterocycles. The Labute approximate surface area is 613 Å². The van der Waals surface area contributed by atoms with Gasteiger partial charge in [-0.2, -0.15) is 0 Å². The molecule has 0 saturated heterocycles. The number of aliphatic hydroxyl groups is 1. The maximum absolute atomic E-state index is 13.1. The largest absolute Gasteiger partial charge is 0.472 e. The van der Waals surface area contributed by atoms with E-state index in [4.69, 9.17) is 37.0 Å². The molecule has 0 aromatic carbocycles. The molecular weight excluding hydrogens is 1310 g/mol. The van der Waals surface area contributed by atoms with E-state index in [0.717, 1.165) is 114 Å². The van der Waals surface area contributed by atoms with Crippen LogP contribution in [0.5, 0.6) is 0 Å². The summed E-state index contributed by atoms with van der Waals surface area (Å²) in [4.78, 5) is 73.0. The Morgan fingerprint density at radius 2 is 0.480 bits per heavy atom. The molecule has 19 heteroatoms. The van der Waals surface area contributed by atoms with Crippen LogP contribution in [0.2, 0.25) is 0 Å². The molecule has 0 amide bonds. The Morgan fingerprint density at radius 1 is 0.280 bits per heavy atom. The summed E-state index contributed by atoms with van der Waals surface area (Å²) in [5.41, 5.74) is 0. The van der Waals surface area contributed by atoms with Crippen molar-refractivity contribution in [1.29, 1.82) is 0 Å². The minimum absolute atomic E-state index is 0.106. The van der Waals surface area contributed by atoms with Crippen molar-refractivity contribution >= 4 is 39.5 Å². The van der Waals surface area contributed by atoms with Crippen molar-refractivity contribution in [3.8, 4) is 0 Å². The first-order chi connectivity index (χ1) is 48.1. The summed E-state index contributed by atoms with van der Waals surface area (Å²) in [5, 5.41) is 10.6. The van der Waals surface area contributed by atoms with Crippen LogP contribution in [0.1, 0.15) is 415 Å². The van der Waals surface area contributed by atoms with E-state index in [1.807, 2.05) is 0 Å². The van der Waals surface area contributed by atoms with Crippen LogP contribution in [0.25, 0.3) is 0 Å². The summed E-state index contributed by atoms with van der Waals surface area (Å²) in [6.07, 6.45) is 57.1. The van der Waals surface area contributed by atoms with Crippen LogP contribution in [0, 0.1) is 23.7 Å². The molecule has 6 atom stereocenters. The van der Waals surface area contributed by atoms with Crippen LogP contribution < -0.4 is 0 Å². The maximum Gasteiger partial charge on any atom is 0.472 e. The first kappa shape index (κ1) is 98.1. The first-order valence-corrected chi connectivity index (χ1v) is 44.7. The zero-order valence-electron chi connectivity index (χ0n) is 65.8. The van der Waals surface area contributed by atoms with Crippen LogP contribution in [-0.4, -0.2) is 96.7 Å². The molecule has 0 rings (SSSR count). The van der Waals surface area contributed by atoms with Gasteiger partial charge < -0.3 is 33.8 Å². The van der Waals surface area contributed by atoms with E-state index in [2.05, 4.69) is 55.4 Å². The third-order valence-corrected chi connectivity index (χ3v) is 21.1. The summed E-state index contributed by atoms with van der Waals surface area (Å²) in [6.45, 7) is 14.2. The van der Waals surface area contributed by atoms with Crippen molar-refractivity contribution in [2.45, 2.75) is 433 Å². The second-order valence-corrected chi connectivity index (χ2v) is 33.7. The molecule has 0 saturated carbocycles. The third-order valence-electron chi connectivity index (χ3n) is 19.2. The van der Waals surface area contributed by atoms with E-state index in [1.165, 1.54) is 212 Å². The number of esters is 4. The normalized spacial score (nSPS) is 14.3. The number of aliphatic hydroxyl groups excluding tert-OH is 1. The number of ether oxygens (including phenoxy) is 4. The van der Waals surface area contributed by atoms with E-state index < -0.39 is 97.5 Å². The van der Waals surface area contributed by atoms with E-state index in [0.29, 0.717) is 31.6 Å². The van der Waals surface area contributed by atoms with Gasteiger partial charge in [0.1, 0.15) is 19.3 Å². The zero-order valence-corrected chi connectivity index (χ0v) is 67.6. The van der Waals surface area contributed by atoms with Crippen LogP contribution in [0.3, 0.4) is 0 Å². The number of carbonyl (C=O) groups is 4. The lowest BCUT2D eigenvalue weighted by Crippen LogP contribution is -2.30. The van der Waals surface area contributed by atoms with Crippen molar-refractivity contribution in [3.63, 3.8) is 0 Å². The van der Waals surface area contributed by atoms with Gasteiger partial charge in [-0.05, 0) is 49.4 Å². The average molecular weight is 1470 g/mol. The standard InChI is InChI=1S/C81H158O17P2/c1-9-74(8)60-52-44-35-29-23-16-14-12-10-11-13-15-17-24-31-37-47-55-63-81(86)98-77(68-92-79(84)62-54-46-40-39-43-51-59-73(6)7)70-96-100(89,90)94-66-75(82)65-93-99(87,88)95-69-76(67-91-78(83)61-53-45-36-30-26-20-22-28-34-42-50-58-72(4)5)97-80(85)64-56-48-38-32-25-19-18-21-27-33-41-49-57-71(2)3/h71-77,82H,9-70H2,1-8H3,(H,87,88)(H,89,90)/t74?,75-,76-,77-/m1/s1. The topological polar surface area (TPSA) is 237 Å². The molecule has 0 aromatic rings. The number of phosphoric acid groups is 2. The van der Waals surface area contributed by atoms with Crippen molar-refractivity contribution < 1.29 is 80.2 Å². The number of unbranched alkanes of at least 4 members (excludes halogenated alkanes) is 43. The Balaban J connectivity index is 5.18. The van der Waals surface area contributed by atoms with E-state index >= 15 is 0 Å². The zero-order chi connectivity index (χ0) is 73.8. The SMILES string of the molecule is CCC(C)CCCCCCCCCCCCCCCCCCCCC(=O)O[C@H](COC(=O)CCCCCCCCC(C)C)COP(=O)(O)OC[C@H](O)COP(=O)(O)OC[C@@H](COC(=O)CCCCCCCCCCCCCC(C)C)OC(=O)CCCCCCCCCCCCCCC(C)C. The summed E-state index contributed by atoms with van der Waals surface area (Å²) >= 11 is 0. The molecule has 0 aliphatic heterocycles. The molecule has 0 aliphatic rings. The average Bonchev–Trinajstić information content (AvgIpc) is 0.997. The van der Waals surface area contributed by atoms with Gasteiger partial charge in [0.15, 0.2) is 12.2 Å². The van der Waals surface area contributed by atoms with Crippen LogP contribution in [0.15, 0.2) is 0 Å². The van der Waals surface area contributed by atoms with Gasteiger partial charge in [0.25, 0.3) is 0 Å². The van der Waals surface area contributed by atoms with Gasteiger partial charge in [-0.25, -0.2) is 9.13 Å². The second kappa shape index (κ2) is 70.1. The maximum atomic E-state index is 13.1.